The molecule has 17 heavy (non-hydrogen) atoms. The van der Waals surface area contributed by atoms with Crippen LogP contribution >= 0.6 is 11.6 Å². The lowest BCUT2D eigenvalue weighted by molar-refractivity contribution is -0.384. The quantitative estimate of drug-likeness (QED) is 0.451. The van der Waals surface area contributed by atoms with E-state index in [0.29, 0.717) is 19.8 Å². The molecule has 0 aliphatic carbocycles. The van der Waals surface area contributed by atoms with Crippen LogP contribution in [0.25, 0.3) is 0 Å². The lowest BCUT2D eigenvalue weighted by atomic mass is 10.2. The minimum Gasteiger partial charge on any atom is -0.377 e. The fraction of sp³-hybridized carbons (Fsp3) is 0.556. The average Bonchev–Trinajstić information content (AvgIpc) is 2.28. The van der Waals surface area contributed by atoms with E-state index in [1.165, 1.54) is 6.33 Å². The zero-order chi connectivity index (χ0) is 12.4. The van der Waals surface area contributed by atoms with Gasteiger partial charge in [0.25, 0.3) is 0 Å². The molecule has 0 N–H and O–H groups in total. The van der Waals surface area contributed by atoms with Gasteiger partial charge in [-0.3, -0.25) is 10.1 Å². The third-order valence-electron chi connectivity index (χ3n) is 2.58. The molecule has 1 unspecified atom stereocenters. The summed E-state index contributed by atoms with van der Waals surface area (Å²) >= 11 is 5.74. The normalized spacial score (nSPS) is 20.4. The molecule has 1 aliphatic heterocycles. The van der Waals surface area contributed by atoms with Gasteiger partial charge in [0.2, 0.25) is 11.0 Å². The standard InChI is InChI=1S/C9H11ClN4O3/c1-6-4-17-3-2-13(6)9-7(14(15)16)8(10)11-5-12-9/h5-6H,2-4H2,1H3. The number of aromatic nitrogens is 2. The predicted octanol–water partition coefficient (Wildman–Crippen LogP) is 1.26. The number of rotatable bonds is 2. The summed E-state index contributed by atoms with van der Waals surface area (Å²) < 4.78 is 5.28. The molecule has 0 aromatic carbocycles. The highest BCUT2D eigenvalue weighted by atomic mass is 35.5. The summed E-state index contributed by atoms with van der Waals surface area (Å²) in [6.07, 6.45) is 1.23. The maximum Gasteiger partial charge on any atom is 0.348 e. The average molecular weight is 259 g/mol. The van der Waals surface area contributed by atoms with E-state index in [1.54, 1.807) is 0 Å². The van der Waals surface area contributed by atoms with Gasteiger partial charge in [-0.25, -0.2) is 9.97 Å². The second kappa shape index (κ2) is 4.80. The van der Waals surface area contributed by atoms with Crippen molar-refractivity contribution in [1.29, 1.82) is 0 Å². The van der Waals surface area contributed by atoms with E-state index in [4.69, 9.17) is 16.3 Å². The number of nitrogens with zero attached hydrogens (tertiary/aromatic N) is 4. The molecule has 2 rings (SSSR count). The Morgan fingerprint density at radius 1 is 1.65 bits per heavy atom. The molecule has 92 valence electrons. The number of ether oxygens (including phenoxy) is 1. The minimum atomic E-state index is -0.556. The molecule has 7 nitrogen and oxygen atoms in total. The Morgan fingerprint density at radius 3 is 3.06 bits per heavy atom. The summed E-state index contributed by atoms with van der Waals surface area (Å²) in [5.41, 5.74) is -0.247. The predicted molar refractivity (Wildman–Crippen MR) is 61.3 cm³/mol. The van der Waals surface area contributed by atoms with E-state index < -0.39 is 4.92 Å². The van der Waals surface area contributed by atoms with Crippen LogP contribution in [-0.4, -0.2) is 40.7 Å². The molecule has 0 spiro atoms. The van der Waals surface area contributed by atoms with E-state index in [0.717, 1.165) is 0 Å². The highest BCUT2D eigenvalue weighted by molar-refractivity contribution is 6.31. The summed E-state index contributed by atoms with van der Waals surface area (Å²) in [5, 5.41) is 10.8. The lowest BCUT2D eigenvalue weighted by Gasteiger charge is -2.33. The first-order chi connectivity index (χ1) is 8.11. The van der Waals surface area contributed by atoms with Crippen molar-refractivity contribution >= 4 is 23.1 Å². The molecule has 0 amide bonds. The Hall–Kier alpha value is -1.47. The number of halogens is 1. The first-order valence-electron chi connectivity index (χ1n) is 5.10. The van der Waals surface area contributed by atoms with Crippen LogP contribution in [0.1, 0.15) is 6.92 Å². The number of morpholine rings is 1. The smallest absolute Gasteiger partial charge is 0.348 e. The van der Waals surface area contributed by atoms with Crippen molar-refractivity contribution in [2.75, 3.05) is 24.7 Å². The number of hydrogen-bond acceptors (Lipinski definition) is 6. The molecular formula is C9H11ClN4O3. The first-order valence-corrected chi connectivity index (χ1v) is 5.48. The second-order valence-electron chi connectivity index (χ2n) is 3.71. The molecule has 2 heterocycles. The van der Waals surface area contributed by atoms with E-state index in [2.05, 4.69) is 9.97 Å². The lowest BCUT2D eigenvalue weighted by Crippen LogP contribution is -2.44. The van der Waals surface area contributed by atoms with Crippen LogP contribution in [0.15, 0.2) is 6.33 Å². The Bertz CT molecular complexity index is 442. The summed E-state index contributed by atoms with van der Waals surface area (Å²) in [4.78, 5) is 19.8. The molecule has 0 radical (unpaired) electrons. The maximum atomic E-state index is 11.0. The van der Waals surface area contributed by atoms with Gasteiger partial charge >= 0.3 is 5.69 Å². The van der Waals surface area contributed by atoms with Gasteiger partial charge in [-0.1, -0.05) is 11.6 Å². The van der Waals surface area contributed by atoms with Crippen molar-refractivity contribution in [3.63, 3.8) is 0 Å². The van der Waals surface area contributed by atoms with Gasteiger partial charge < -0.3 is 9.64 Å². The number of hydrogen-bond donors (Lipinski definition) is 0. The number of nitro groups is 1. The van der Waals surface area contributed by atoms with Crippen molar-refractivity contribution in [3.8, 4) is 0 Å². The molecule has 0 saturated carbocycles. The molecule has 1 atom stereocenters. The molecule has 0 bridgehead atoms. The fourth-order valence-electron chi connectivity index (χ4n) is 1.76. The van der Waals surface area contributed by atoms with Gasteiger partial charge in [-0.05, 0) is 6.92 Å². The van der Waals surface area contributed by atoms with Crippen molar-refractivity contribution in [2.24, 2.45) is 0 Å². The Morgan fingerprint density at radius 2 is 2.41 bits per heavy atom. The van der Waals surface area contributed by atoms with Crippen LogP contribution in [0.2, 0.25) is 5.15 Å². The molecule has 1 aromatic rings. The third kappa shape index (κ3) is 2.29. The SMILES string of the molecule is CC1COCCN1c1ncnc(Cl)c1[N+](=O)[O-]. The molecule has 1 saturated heterocycles. The maximum absolute atomic E-state index is 11.0. The summed E-state index contributed by atoms with van der Waals surface area (Å²) in [5.74, 6) is 0.255. The first kappa shape index (κ1) is 12.0. The van der Waals surface area contributed by atoms with Crippen LogP contribution in [0.5, 0.6) is 0 Å². The highest BCUT2D eigenvalue weighted by Crippen LogP contribution is 2.32. The molecule has 1 aromatic heterocycles. The van der Waals surface area contributed by atoms with Crippen LogP contribution in [0.4, 0.5) is 11.5 Å². The largest absolute Gasteiger partial charge is 0.377 e. The Balaban J connectivity index is 2.43. The molecule has 1 aliphatic rings. The summed E-state index contributed by atoms with van der Waals surface area (Å²) in [6, 6.07) is 0.0217. The molecule has 8 heteroatoms. The monoisotopic (exact) mass is 258 g/mol. The van der Waals surface area contributed by atoms with Crippen LogP contribution < -0.4 is 4.90 Å². The van der Waals surface area contributed by atoms with E-state index >= 15 is 0 Å². The Kier molecular flexibility index (Phi) is 3.39. The molecular weight excluding hydrogens is 248 g/mol. The van der Waals surface area contributed by atoms with Gasteiger partial charge in [0.05, 0.1) is 24.2 Å². The van der Waals surface area contributed by atoms with Crippen LogP contribution in [0, 0.1) is 10.1 Å². The van der Waals surface area contributed by atoms with Crippen molar-refractivity contribution in [1.82, 2.24) is 9.97 Å². The Labute approximate surface area is 103 Å². The highest BCUT2D eigenvalue weighted by Gasteiger charge is 2.30. The summed E-state index contributed by atoms with van der Waals surface area (Å²) in [7, 11) is 0. The van der Waals surface area contributed by atoms with Crippen LogP contribution in [0.3, 0.4) is 0 Å². The zero-order valence-electron chi connectivity index (χ0n) is 9.17. The minimum absolute atomic E-state index is 0.0217. The van der Waals surface area contributed by atoms with E-state index in [1.807, 2.05) is 11.8 Å². The topological polar surface area (TPSA) is 81.4 Å². The van der Waals surface area contributed by atoms with Gasteiger partial charge in [-0.15, -0.1) is 0 Å². The van der Waals surface area contributed by atoms with Crippen molar-refractivity contribution in [2.45, 2.75) is 13.0 Å². The van der Waals surface area contributed by atoms with E-state index in [-0.39, 0.29) is 22.7 Å². The zero-order valence-corrected chi connectivity index (χ0v) is 9.92. The second-order valence-corrected chi connectivity index (χ2v) is 4.07. The third-order valence-corrected chi connectivity index (χ3v) is 2.86. The van der Waals surface area contributed by atoms with Gasteiger partial charge in [-0.2, -0.15) is 0 Å². The molecule has 1 fully saturated rings. The van der Waals surface area contributed by atoms with Crippen LogP contribution in [-0.2, 0) is 4.74 Å². The fourth-order valence-corrected chi connectivity index (χ4v) is 1.95. The van der Waals surface area contributed by atoms with E-state index in [9.17, 15) is 10.1 Å². The van der Waals surface area contributed by atoms with Gasteiger partial charge in [0.1, 0.15) is 6.33 Å². The van der Waals surface area contributed by atoms with Crippen molar-refractivity contribution < 1.29 is 9.66 Å². The van der Waals surface area contributed by atoms with Crippen molar-refractivity contribution in [3.05, 3.63) is 21.6 Å². The number of anilines is 1. The summed E-state index contributed by atoms with van der Waals surface area (Å²) in [6.45, 7) is 3.50. The van der Waals surface area contributed by atoms with Gasteiger partial charge in [0.15, 0.2) is 0 Å². The van der Waals surface area contributed by atoms with Gasteiger partial charge in [0, 0.05) is 6.54 Å².